The zero-order valence-electron chi connectivity index (χ0n) is 11.3. The summed E-state index contributed by atoms with van der Waals surface area (Å²) in [6.45, 7) is 3.53. The molecule has 0 saturated heterocycles. The number of carboxylic acids is 1. The molecule has 0 aliphatic rings. The molecule has 1 N–H and O–H groups in total. The van der Waals surface area contributed by atoms with Crippen LogP contribution in [0.15, 0.2) is 22.7 Å². The second-order valence-corrected chi connectivity index (χ2v) is 5.31. The number of nitro groups is 1. The minimum absolute atomic E-state index is 0.0347. The van der Waals surface area contributed by atoms with Crippen molar-refractivity contribution >= 4 is 27.6 Å². The molecule has 0 saturated carbocycles. The van der Waals surface area contributed by atoms with E-state index in [2.05, 4.69) is 21.0 Å². The monoisotopic (exact) mass is 353 g/mol. The molecule has 0 radical (unpaired) electrons. The highest BCUT2D eigenvalue weighted by atomic mass is 79.9. The van der Waals surface area contributed by atoms with E-state index in [-0.39, 0.29) is 17.8 Å². The van der Waals surface area contributed by atoms with Crippen molar-refractivity contribution in [1.29, 1.82) is 0 Å². The van der Waals surface area contributed by atoms with Crippen LogP contribution in [-0.2, 0) is 6.54 Å². The molecule has 0 aliphatic carbocycles. The molecule has 0 amide bonds. The standard InChI is InChI=1S/C13H12BrN3O4/c1-7-11(13(18)19)8(2)16(15-7)6-9-4-3-5-10(12(9)14)17(20)21/h3-5H,6H2,1-2H3,(H,18,19). The summed E-state index contributed by atoms with van der Waals surface area (Å²) in [5.74, 6) is -1.03. The highest BCUT2D eigenvalue weighted by molar-refractivity contribution is 9.10. The van der Waals surface area contributed by atoms with E-state index in [1.54, 1.807) is 26.0 Å². The van der Waals surface area contributed by atoms with Gasteiger partial charge in [-0.3, -0.25) is 14.8 Å². The first-order chi connectivity index (χ1) is 9.82. The minimum atomic E-state index is -1.03. The second kappa shape index (κ2) is 5.65. The summed E-state index contributed by atoms with van der Waals surface area (Å²) < 4.78 is 1.90. The number of aromatic nitrogens is 2. The maximum absolute atomic E-state index is 11.2. The number of nitro benzene ring substituents is 1. The summed E-state index contributed by atoms with van der Waals surface area (Å²) in [4.78, 5) is 21.6. The molecule has 0 unspecified atom stereocenters. The second-order valence-electron chi connectivity index (χ2n) is 4.52. The van der Waals surface area contributed by atoms with Gasteiger partial charge < -0.3 is 5.11 Å². The summed E-state index contributed by atoms with van der Waals surface area (Å²) >= 11 is 3.22. The van der Waals surface area contributed by atoms with E-state index in [0.717, 1.165) is 0 Å². The first-order valence-corrected chi connectivity index (χ1v) is 6.81. The third-order valence-electron chi connectivity index (χ3n) is 3.17. The normalized spacial score (nSPS) is 10.6. The molecule has 1 heterocycles. The quantitative estimate of drug-likeness (QED) is 0.672. The number of rotatable bonds is 4. The van der Waals surface area contributed by atoms with Gasteiger partial charge in [0.2, 0.25) is 0 Å². The number of benzene rings is 1. The number of hydrogen-bond donors (Lipinski definition) is 1. The summed E-state index contributed by atoms with van der Waals surface area (Å²) in [6, 6.07) is 4.72. The molecule has 1 aromatic heterocycles. The van der Waals surface area contributed by atoms with Crippen LogP contribution in [-0.4, -0.2) is 25.8 Å². The molecule has 8 heteroatoms. The van der Waals surface area contributed by atoms with Gasteiger partial charge in [-0.2, -0.15) is 5.10 Å². The Labute approximate surface area is 128 Å². The lowest BCUT2D eigenvalue weighted by Crippen LogP contribution is -2.07. The Morgan fingerprint density at radius 3 is 2.67 bits per heavy atom. The van der Waals surface area contributed by atoms with Crippen molar-refractivity contribution in [3.8, 4) is 0 Å². The first kappa shape index (κ1) is 15.2. The van der Waals surface area contributed by atoms with Crippen LogP contribution in [0.2, 0.25) is 0 Å². The molecular formula is C13H12BrN3O4. The lowest BCUT2D eigenvalue weighted by atomic mass is 10.2. The van der Waals surface area contributed by atoms with Crippen LogP contribution >= 0.6 is 15.9 Å². The molecule has 7 nitrogen and oxygen atoms in total. The van der Waals surface area contributed by atoms with Crippen molar-refractivity contribution in [3.05, 3.63) is 55.3 Å². The molecule has 110 valence electrons. The third kappa shape index (κ3) is 2.80. The lowest BCUT2D eigenvalue weighted by molar-refractivity contribution is -0.385. The maximum atomic E-state index is 11.2. The van der Waals surface area contributed by atoms with Crippen molar-refractivity contribution in [3.63, 3.8) is 0 Å². The number of halogens is 1. The number of aromatic carboxylic acids is 1. The zero-order chi connectivity index (χ0) is 15.7. The van der Waals surface area contributed by atoms with Gasteiger partial charge in [-0.15, -0.1) is 0 Å². The van der Waals surface area contributed by atoms with E-state index in [1.807, 2.05) is 0 Å². The van der Waals surface area contributed by atoms with Crippen molar-refractivity contribution in [2.45, 2.75) is 20.4 Å². The molecular weight excluding hydrogens is 342 g/mol. The molecule has 0 bridgehead atoms. The number of hydrogen-bond acceptors (Lipinski definition) is 4. The maximum Gasteiger partial charge on any atom is 0.339 e. The molecule has 0 fully saturated rings. The van der Waals surface area contributed by atoms with Crippen molar-refractivity contribution < 1.29 is 14.8 Å². The van der Waals surface area contributed by atoms with Crippen molar-refractivity contribution in [2.75, 3.05) is 0 Å². The fraction of sp³-hybridized carbons (Fsp3) is 0.231. The number of nitrogens with zero attached hydrogens (tertiary/aromatic N) is 3. The van der Waals surface area contributed by atoms with E-state index in [0.29, 0.717) is 21.4 Å². The zero-order valence-corrected chi connectivity index (χ0v) is 12.9. The highest BCUT2D eigenvalue weighted by Crippen LogP contribution is 2.29. The number of carboxylic acid groups (broad SMARTS) is 1. The van der Waals surface area contributed by atoms with E-state index in [9.17, 15) is 14.9 Å². The average Bonchev–Trinajstić information content (AvgIpc) is 2.66. The summed E-state index contributed by atoms with van der Waals surface area (Å²) in [5, 5.41) is 24.2. The van der Waals surface area contributed by atoms with Gasteiger partial charge >= 0.3 is 5.97 Å². The van der Waals surface area contributed by atoms with Gasteiger partial charge in [0.15, 0.2) is 0 Å². The van der Waals surface area contributed by atoms with Gasteiger partial charge in [-0.25, -0.2) is 4.79 Å². The van der Waals surface area contributed by atoms with E-state index >= 15 is 0 Å². The Bertz CT molecular complexity index is 739. The van der Waals surface area contributed by atoms with Gasteiger partial charge in [-0.05, 0) is 35.3 Å². The summed E-state index contributed by atoms with van der Waals surface area (Å²) in [5.41, 5.74) is 1.72. The van der Waals surface area contributed by atoms with Gasteiger partial charge in [0.25, 0.3) is 5.69 Å². The Balaban J connectivity index is 2.44. The van der Waals surface area contributed by atoms with E-state index in [1.165, 1.54) is 10.7 Å². The van der Waals surface area contributed by atoms with Gasteiger partial charge in [0.1, 0.15) is 10.0 Å². The van der Waals surface area contributed by atoms with Crippen LogP contribution in [0.1, 0.15) is 27.3 Å². The van der Waals surface area contributed by atoms with Crippen molar-refractivity contribution in [2.24, 2.45) is 0 Å². The number of aryl methyl sites for hydroxylation is 1. The topological polar surface area (TPSA) is 98.3 Å². The molecule has 1 aromatic carbocycles. The smallest absolute Gasteiger partial charge is 0.339 e. The molecule has 2 rings (SSSR count). The van der Waals surface area contributed by atoms with Crippen LogP contribution in [0.5, 0.6) is 0 Å². The van der Waals surface area contributed by atoms with Crippen molar-refractivity contribution in [1.82, 2.24) is 9.78 Å². The highest BCUT2D eigenvalue weighted by Gasteiger charge is 2.20. The van der Waals surface area contributed by atoms with Crippen LogP contribution in [0.3, 0.4) is 0 Å². The number of carbonyl (C=O) groups is 1. The molecule has 0 spiro atoms. The molecule has 2 aromatic rings. The SMILES string of the molecule is Cc1nn(Cc2cccc([N+](=O)[O-])c2Br)c(C)c1C(=O)O. The van der Waals surface area contributed by atoms with Gasteiger partial charge in [0, 0.05) is 6.07 Å². The van der Waals surface area contributed by atoms with Gasteiger partial charge in [0.05, 0.1) is 22.9 Å². The van der Waals surface area contributed by atoms with Crippen LogP contribution in [0.4, 0.5) is 5.69 Å². The Hall–Kier alpha value is -2.22. The largest absolute Gasteiger partial charge is 0.478 e. The third-order valence-corrected chi connectivity index (χ3v) is 4.09. The summed E-state index contributed by atoms with van der Waals surface area (Å²) in [6.07, 6.45) is 0. The fourth-order valence-electron chi connectivity index (χ4n) is 2.15. The Morgan fingerprint density at radius 1 is 1.48 bits per heavy atom. The predicted molar refractivity (Wildman–Crippen MR) is 78.6 cm³/mol. The van der Waals surface area contributed by atoms with E-state index < -0.39 is 10.9 Å². The van der Waals surface area contributed by atoms with Gasteiger partial charge in [-0.1, -0.05) is 12.1 Å². The molecule has 0 atom stereocenters. The predicted octanol–water partition coefficient (Wildman–Crippen LogP) is 2.92. The van der Waals surface area contributed by atoms with Crippen LogP contribution in [0, 0.1) is 24.0 Å². The minimum Gasteiger partial charge on any atom is -0.478 e. The fourth-order valence-corrected chi connectivity index (χ4v) is 2.69. The Morgan fingerprint density at radius 2 is 2.14 bits per heavy atom. The van der Waals surface area contributed by atoms with Crippen LogP contribution in [0.25, 0.3) is 0 Å². The average molecular weight is 354 g/mol. The molecule has 21 heavy (non-hydrogen) atoms. The molecule has 0 aliphatic heterocycles. The lowest BCUT2D eigenvalue weighted by Gasteiger charge is -2.07. The summed E-state index contributed by atoms with van der Waals surface area (Å²) in [7, 11) is 0. The van der Waals surface area contributed by atoms with E-state index in [4.69, 9.17) is 5.11 Å². The first-order valence-electron chi connectivity index (χ1n) is 6.02. The van der Waals surface area contributed by atoms with Crippen LogP contribution < -0.4 is 0 Å². The Kier molecular flexibility index (Phi) is 4.08.